The largest absolute Gasteiger partial charge is 0.395 e. The lowest BCUT2D eigenvalue weighted by Gasteiger charge is -2.34. The van der Waals surface area contributed by atoms with Gasteiger partial charge < -0.3 is 5.11 Å². The molecule has 0 saturated carbocycles. The number of piperazine rings is 1. The zero-order valence-electron chi connectivity index (χ0n) is 9.23. The lowest BCUT2D eigenvalue weighted by molar-refractivity contribution is 0.109. The fourth-order valence-corrected chi connectivity index (χ4v) is 3.50. The molecule has 1 aliphatic rings. The molecule has 1 fully saturated rings. The van der Waals surface area contributed by atoms with Crippen molar-refractivity contribution in [2.75, 3.05) is 39.3 Å². The highest BCUT2D eigenvalue weighted by Gasteiger charge is 2.16. The summed E-state index contributed by atoms with van der Waals surface area (Å²) in [5, 5.41) is 8.86. The highest BCUT2D eigenvalue weighted by atomic mass is 79.9. The van der Waals surface area contributed by atoms with Gasteiger partial charge in [-0.1, -0.05) is 0 Å². The molecular formula is C11H17BrN2OS. The van der Waals surface area contributed by atoms with Gasteiger partial charge in [0.05, 0.1) is 10.4 Å². The number of aliphatic hydroxyl groups excluding tert-OH is 1. The Hall–Kier alpha value is 0.0600. The Morgan fingerprint density at radius 1 is 1.19 bits per heavy atom. The number of nitrogens with zero attached hydrogens (tertiary/aromatic N) is 2. The molecule has 0 aliphatic carbocycles. The SMILES string of the molecule is OCCN1CCN(Cc2ccc(Br)s2)CC1. The Morgan fingerprint density at radius 3 is 2.44 bits per heavy atom. The van der Waals surface area contributed by atoms with Crippen molar-refractivity contribution in [3.63, 3.8) is 0 Å². The van der Waals surface area contributed by atoms with Crippen molar-refractivity contribution in [2.45, 2.75) is 6.54 Å². The zero-order chi connectivity index (χ0) is 11.4. The van der Waals surface area contributed by atoms with Crippen LogP contribution >= 0.6 is 27.3 Å². The first kappa shape index (κ1) is 12.5. The summed E-state index contributed by atoms with van der Waals surface area (Å²) in [4.78, 5) is 6.22. The molecule has 16 heavy (non-hydrogen) atoms. The van der Waals surface area contributed by atoms with Crippen LogP contribution in [0.25, 0.3) is 0 Å². The van der Waals surface area contributed by atoms with Gasteiger partial charge in [0.15, 0.2) is 0 Å². The van der Waals surface area contributed by atoms with Crippen LogP contribution in [0.2, 0.25) is 0 Å². The predicted octanol–water partition coefficient (Wildman–Crippen LogP) is 1.62. The molecule has 0 unspecified atom stereocenters. The molecule has 0 amide bonds. The maximum absolute atomic E-state index is 8.86. The summed E-state index contributed by atoms with van der Waals surface area (Å²) in [6.07, 6.45) is 0. The van der Waals surface area contributed by atoms with Crippen LogP contribution in [-0.4, -0.2) is 54.2 Å². The van der Waals surface area contributed by atoms with Crippen molar-refractivity contribution >= 4 is 27.3 Å². The van der Waals surface area contributed by atoms with Gasteiger partial charge in [-0.3, -0.25) is 9.80 Å². The highest BCUT2D eigenvalue weighted by Crippen LogP contribution is 2.23. The zero-order valence-corrected chi connectivity index (χ0v) is 11.6. The molecule has 1 aromatic rings. The lowest BCUT2D eigenvalue weighted by atomic mass is 10.3. The molecule has 1 aliphatic heterocycles. The van der Waals surface area contributed by atoms with E-state index in [1.807, 2.05) is 11.3 Å². The highest BCUT2D eigenvalue weighted by molar-refractivity contribution is 9.11. The minimum absolute atomic E-state index is 0.276. The Balaban J connectivity index is 1.77. The third-order valence-corrected chi connectivity index (χ3v) is 4.50. The Labute approximate surface area is 109 Å². The maximum atomic E-state index is 8.86. The third-order valence-electron chi connectivity index (χ3n) is 2.89. The van der Waals surface area contributed by atoms with E-state index >= 15 is 0 Å². The van der Waals surface area contributed by atoms with Crippen LogP contribution in [0.4, 0.5) is 0 Å². The molecule has 1 saturated heterocycles. The van der Waals surface area contributed by atoms with Crippen molar-refractivity contribution in [2.24, 2.45) is 0 Å². The van der Waals surface area contributed by atoms with E-state index in [0.29, 0.717) is 0 Å². The normalized spacial score (nSPS) is 19.1. The van der Waals surface area contributed by atoms with Crippen LogP contribution < -0.4 is 0 Å². The first-order chi connectivity index (χ1) is 7.78. The van der Waals surface area contributed by atoms with E-state index in [9.17, 15) is 0 Å². The number of rotatable bonds is 4. The topological polar surface area (TPSA) is 26.7 Å². The van der Waals surface area contributed by atoms with Crippen LogP contribution in [0.3, 0.4) is 0 Å². The van der Waals surface area contributed by atoms with Gasteiger partial charge in [-0.15, -0.1) is 11.3 Å². The monoisotopic (exact) mass is 304 g/mol. The molecule has 2 rings (SSSR count). The van der Waals surface area contributed by atoms with Gasteiger partial charge in [0.25, 0.3) is 0 Å². The van der Waals surface area contributed by atoms with Gasteiger partial charge in [0.2, 0.25) is 0 Å². The van der Waals surface area contributed by atoms with E-state index in [2.05, 4.69) is 37.9 Å². The molecule has 1 N–H and O–H groups in total. The molecule has 5 heteroatoms. The molecule has 0 aromatic carbocycles. The molecule has 1 aromatic heterocycles. The van der Waals surface area contributed by atoms with Gasteiger partial charge in [-0.25, -0.2) is 0 Å². The van der Waals surface area contributed by atoms with E-state index in [1.165, 1.54) is 8.66 Å². The number of aliphatic hydroxyl groups is 1. The van der Waals surface area contributed by atoms with E-state index < -0.39 is 0 Å². The first-order valence-corrected chi connectivity index (χ1v) is 7.18. The minimum Gasteiger partial charge on any atom is -0.395 e. The summed E-state index contributed by atoms with van der Waals surface area (Å²) >= 11 is 5.30. The molecule has 0 radical (unpaired) electrons. The summed E-state index contributed by atoms with van der Waals surface area (Å²) in [5.74, 6) is 0. The van der Waals surface area contributed by atoms with Gasteiger partial charge >= 0.3 is 0 Å². The summed E-state index contributed by atoms with van der Waals surface area (Å²) < 4.78 is 1.21. The van der Waals surface area contributed by atoms with Crippen LogP contribution in [0.15, 0.2) is 15.9 Å². The smallest absolute Gasteiger partial charge is 0.0701 e. The fraction of sp³-hybridized carbons (Fsp3) is 0.636. The standard InChI is InChI=1S/C11H17BrN2OS/c12-11-2-1-10(16-11)9-14-5-3-13(4-6-14)7-8-15/h1-2,15H,3-9H2. The molecule has 0 spiro atoms. The second kappa shape index (κ2) is 6.12. The number of hydrogen-bond acceptors (Lipinski definition) is 4. The molecule has 0 bridgehead atoms. The number of β-amino-alcohol motifs (C(OH)–C–C–N with tert-alkyl or cyclic N) is 1. The van der Waals surface area contributed by atoms with Crippen molar-refractivity contribution in [3.05, 3.63) is 20.8 Å². The summed E-state index contributed by atoms with van der Waals surface area (Å²) in [6.45, 7) is 6.52. The third kappa shape index (κ3) is 3.53. The van der Waals surface area contributed by atoms with E-state index in [0.717, 1.165) is 39.3 Å². The van der Waals surface area contributed by atoms with Gasteiger partial charge in [-0.05, 0) is 28.1 Å². The quantitative estimate of drug-likeness (QED) is 0.916. The average Bonchev–Trinajstić information content (AvgIpc) is 2.67. The van der Waals surface area contributed by atoms with Gasteiger partial charge in [0.1, 0.15) is 0 Å². The second-order valence-electron chi connectivity index (χ2n) is 4.05. The molecule has 3 nitrogen and oxygen atoms in total. The Kier molecular flexibility index (Phi) is 4.79. The Morgan fingerprint density at radius 2 is 1.88 bits per heavy atom. The number of halogens is 1. The summed E-state index contributed by atoms with van der Waals surface area (Å²) in [7, 11) is 0. The first-order valence-electron chi connectivity index (χ1n) is 5.58. The van der Waals surface area contributed by atoms with Crippen molar-refractivity contribution < 1.29 is 5.11 Å². The average molecular weight is 305 g/mol. The van der Waals surface area contributed by atoms with Crippen LogP contribution in [-0.2, 0) is 6.54 Å². The molecule has 90 valence electrons. The summed E-state index contributed by atoms with van der Waals surface area (Å²) in [5.41, 5.74) is 0. The lowest BCUT2D eigenvalue weighted by Crippen LogP contribution is -2.46. The fourth-order valence-electron chi connectivity index (χ4n) is 1.97. The van der Waals surface area contributed by atoms with Crippen molar-refractivity contribution in [1.29, 1.82) is 0 Å². The van der Waals surface area contributed by atoms with Gasteiger partial charge in [-0.2, -0.15) is 0 Å². The Bertz CT molecular complexity index is 324. The second-order valence-corrected chi connectivity index (χ2v) is 6.59. The molecular weight excluding hydrogens is 288 g/mol. The summed E-state index contributed by atoms with van der Waals surface area (Å²) in [6, 6.07) is 4.30. The minimum atomic E-state index is 0.276. The van der Waals surface area contributed by atoms with Gasteiger partial charge in [0, 0.05) is 44.1 Å². The van der Waals surface area contributed by atoms with Crippen LogP contribution in [0.5, 0.6) is 0 Å². The number of hydrogen-bond donors (Lipinski definition) is 1. The molecule has 2 heterocycles. The van der Waals surface area contributed by atoms with Crippen LogP contribution in [0.1, 0.15) is 4.88 Å². The van der Waals surface area contributed by atoms with Crippen LogP contribution in [0, 0.1) is 0 Å². The predicted molar refractivity (Wildman–Crippen MR) is 70.8 cm³/mol. The van der Waals surface area contributed by atoms with E-state index in [1.54, 1.807) is 0 Å². The van der Waals surface area contributed by atoms with E-state index in [4.69, 9.17) is 5.11 Å². The van der Waals surface area contributed by atoms with Crippen molar-refractivity contribution in [1.82, 2.24) is 9.80 Å². The molecule has 0 atom stereocenters. The van der Waals surface area contributed by atoms with Crippen molar-refractivity contribution in [3.8, 4) is 0 Å². The van der Waals surface area contributed by atoms with E-state index in [-0.39, 0.29) is 6.61 Å². The number of thiophene rings is 1. The maximum Gasteiger partial charge on any atom is 0.0701 e.